The molecule has 26 heavy (non-hydrogen) atoms. The van der Waals surface area contributed by atoms with Crippen LogP contribution < -0.4 is 15.6 Å². The standard InChI is InChI=1S/C17H18BrN3O4S/c1-11(2)16(22)19-20-17(23)12-4-3-5-15(10-12)26(24,25)21-14-8-6-13(18)7-9-14/h3-11,21H,1-2H3,(H,19,22)(H,20,23). The highest BCUT2D eigenvalue weighted by molar-refractivity contribution is 9.10. The van der Waals surface area contributed by atoms with Crippen LogP contribution in [0.15, 0.2) is 57.9 Å². The number of sulfonamides is 1. The molecule has 3 N–H and O–H groups in total. The molecule has 2 rings (SSSR count). The van der Waals surface area contributed by atoms with Gasteiger partial charge >= 0.3 is 0 Å². The van der Waals surface area contributed by atoms with Crippen molar-refractivity contribution in [3.05, 3.63) is 58.6 Å². The summed E-state index contributed by atoms with van der Waals surface area (Å²) in [5.74, 6) is -1.25. The third kappa shape index (κ3) is 5.30. The van der Waals surface area contributed by atoms with Gasteiger partial charge < -0.3 is 0 Å². The summed E-state index contributed by atoms with van der Waals surface area (Å²) >= 11 is 3.28. The van der Waals surface area contributed by atoms with Crippen molar-refractivity contribution < 1.29 is 18.0 Å². The van der Waals surface area contributed by atoms with Crippen molar-refractivity contribution in [1.29, 1.82) is 0 Å². The molecule has 0 fully saturated rings. The first-order valence-electron chi connectivity index (χ1n) is 7.67. The molecule has 0 heterocycles. The second-order valence-corrected chi connectivity index (χ2v) is 8.34. The Morgan fingerprint density at radius 2 is 1.65 bits per heavy atom. The Morgan fingerprint density at radius 1 is 1.00 bits per heavy atom. The van der Waals surface area contributed by atoms with E-state index in [-0.39, 0.29) is 22.3 Å². The number of carbonyl (C=O) groups excluding carboxylic acids is 2. The van der Waals surface area contributed by atoms with Crippen LogP contribution in [0, 0.1) is 5.92 Å². The van der Waals surface area contributed by atoms with Crippen molar-refractivity contribution in [2.24, 2.45) is 5.92 Å². The van der Waals surface area contributed by atoms with Crippen molar-refractivity contribution >= 4 is 43.5 Å². The van der Waals surface area contributed by atoms with Crippen molar-refractivity contribution in [2.75, 3.05) is 4.72 Å². The smallest absolute Gasteiger partial charge is 0.269 e. The second kappa shape index (κ2) is 8.33. The van der Waals surface area contributed by atoms with E-state index in [9.17, 15) is 18.0 Å². The number of rotatable bonds is 5. The monoisotopic (exact) mass is 439 g/mol. The fraction of sp³-hybridized carbons (Fsp3) is 0.176. The maximum absolute atomic E-state index is 12.5. The predicted molar refractivity (Wildman–Crippen MR) is 102 cm³/mol. The molecule has 0 radical (unpaired) electrons. The first-order valence-corrected chi connectivity index (χ1v) is 9.95. The predicted octanol–water partition coefficient (Wildman–Crippen LogP) is 2.67. The minimum atomic E-state index is -3.86. The van der Waals surface area contributed by atoms with E-state index in [2.05, 4.69) is 31.5 Å². The lowest BCUT2D eigenvalue weighted by atomic mass is 10.2. The maximum Gasteiger partial charge on any atom is 0.269 e. The van der Waals surface area contributed by atoms with E-state index >= 15 is 0 Å². The topological polar surface area (TPSA) is 104 Å². The van der Waals surface area contributed by atoms with Crippen molar-refractivity contribution in [3.8, 4) is 0 Å². The third-order valence-corrected chi connectivity index (χ3v) is 5.23. The average molecular weight is 440 g/mol. The molecule has 138 valence electrons. The normalized spacial score (nSPS) is 11.1. The van der Waals surface area contributed by atoms with E-state index in [0.717, 1.165) is 4.47 Å². The molecular formula is C17H18BrN3O4S. The molecule has 9 heteroatoms. The van der Waals surface area contributed by atoms with Crippen molar-refractivity contribution in [3.63, 3.8) is 0 Å². The lowest BCUT2D eigenvalue weighted by molar-refractivity contribution is -0.124. The highest BCUT2D eigenvalue weighted by Crippen LogP contribution is 2.19. The lowest BCUT2D eigenvalue weighted by Crippen LogP contribution is -2.43. The number of hydrogen-bond acceptors (Lipinski definition) is 4. The van der Waals surface area contributed by atoms with Gasteiger partial charge in [-0.2, -0.15) is 0 Å². The number of amides is 2. The minimum Gasteiger partial charge on any atom is -0.280 e. The minimum absolute atomic E-state index is 0.0664. The van der Waals surface area contributed by atoms with E-state index < -0.39 is 15.9 Å². The van der Waals surface area contributed by atoms with Crippen LogP contribution in [0.5, 0.6) is 0 Å². The van der Waals surface area contributed by atoms with Crippen LogP contribution in [-0.4, -0.2) is 20.2 Å². The first kappa shape index (κ1) is 19.9. The molecule has 2 amide bonds. The van der Waals surface area contributed by atoms with Crippen LogP contribution >= 0.6 is 15.9 Å². The van der Waals surface area contributed by atoms with E-state index in [1.807, 2.05) is 0 Å². The van der Waals surface area contributed by atoms with Gasteiger partial charge in [-0.25, -0.2) is 8.42 Å². The molecule has 7 nitrogen and oxygen atoms in total. The van der Waals surface area contributed by atoms with E-state index in [0.29, 0.717) is 5.69 Å². The Bertz CT molecular complexity index is 912. The average Bonchev–Trinajstić information content (AvgIpc) is 2.61. The molecule has 0 aliphatic rings. The van der Waals surface area contributed by atoms with Gasteiger partial charge in [0.1, 0.15) is 0 Å². The SMILES string of the molecule is CC(C)C(=O)NNC(=O)c1cccc(S(=O)(=O)Nc2ccc(Br)cc2)c1. The summed E-state index contributed by atoms with van der Waals surface area (Å²) in [6, 6.07) is 12.2. The van der Waals surface area contributed by atoms with Crippen LogP contribution in [0.1, 0.15) is 24.2 Å². The zero-order valence-electron chi connectivity index (χ0n) is 14.1. The molecule has 0 unspecified atom stereocenters. The Balaban J connectivity index is 2.15. The summed E-state index contributed by atoms with van der Waals surface area (Å²) in [6.07, 6.45) is 0. The summed E-state index contributed by atoms with van der Waals surface area (Å²) in [5, 5.41) is 0. The molecule has 0 spiro atoms. The number of hydrogen-bond donors (Lipinski definition) is 3. The third-order valence-electron chi connectivity index (χ3n) is 3.33. The van der Waals surface area contributed by atoms with Gasteiger partial charge in [0.25, 0.3) is 15.9 Å². The second-order valence-electron chi connectivity index (χ2n) is 5.74. The number of carbonyl (C=O) groups is 2. The van der Waals surface area contributed by atoms with Crippen LogP contribution in [-0.2, 0) is 14.8 Å². The van der Waals surface area contributed by atoms with E-state index in [4.69, 9.17) is 0 Å². The van der Waals surface area contributed by atoms with Crippen LogP contribution in [0.4, 0.5) is 5.69 Å². The van der Waals surface area contributed by atoms with Crippen molar-refractivity contribution in [2.45, 2.75) is 18.7 Å². The molecule has 2 aromatic rings. The zero-order valence-corrected chi connectivity index (χ0v) is 16.5. The molecule has 0 aliphatic carbocycles. The van der Waals surface area contributed by atoms with Gasteiger partial charge in [0, 0.05) is 21.6 Å². The fourth-order valence-electron chi connectivity index (χ4n) is 1.87. The highest BCUT2D eigenvalue weighted by atomic mass is 79.9. The molecule has 0 saturated heterocycles. The molecule has 2 aromatic carbocycles. The number of hydrazine groups is 1. The van der Waals surface area contributed by atoms with Crippen LogP contribution in [0.2, 0.25) is 0 Å². The molecule has 0 atom stereocenters. The summed E-state index contributed by atoms with van der Waals surface area (Å²) < 4.78 is 28.2. The van der Waals surface area contributed by atoms with E-state index in [1.165, 1.54) is 24.3 Å². The summed E-state index contributed by atoms with van der Waals surface area (Å²) in [5.41, 5.74) is 5.03. The van der Waals surface area contributed by atoms with Gasteiger partial charge in [0.15, 0.2) is 0 Å². The number of anilines is 1. The number of benzene rings is 2. The molecular weight excluding hydrogens is 422 g/mol. The van der Waals surface area contributed by atoms with Crippen molar-refractivity contribution in [1.82, 2.24) is 10.9 Å². The van der Waals surface area contributed by atoms with Gasteiger partial charge in [-0.15, -0.1) is 0 Å². The zero-order chi connectivity index (χ0) is 19.3. The molecule has 0 saturated carbocycles. The largest absolute Gasteiger partial charge is 0.280 e. The van der Waals surface area contributed by atoms with Gasteiger partial charge in [0.05, 0.1) is 4.90 Å². The van der Waals surface area contributed by atoms with Crippen LogP contribution in [0.3, 0.4) is 0 Å². The Kier molecular flexibility index (Phi) is 6.38. The summed E-state index contributed by atoms with van der Waals surface area (Å²) in [4.78, 5) is 23.5. The number of halogens is 1. The first-order chi connectivity index (χ1) is 12.2. The van der Waals surface area contributed by atoms with E-state index in [1.54, 1.807) is 38.1 Å². The van der Waals surface area contributed by atoms with Gasteiger partial charge in [0.2, 0.25) is 5.91 Å². The van der Waals surface area contributed by atoms with Gasteiger partial charge in [-0.1, -0.05) is 35.8 Å². The summed E-state index contributed by atoms with van der Waals surface area (Å²) in [6.45, 7) is 3.37. The lowest BCUT2D eigenvalue weighted by Gasteiger charge is -2.11. The summed E-state index contributed by atoms with van der Waals surface area (Å²) in [7, 11) is -3.86. The quantitative estimate of drug-likeness (QED) is 0.622. The fourth-order valence-corrected chi connectivity index (χ4v) is 3.24. The number of nitrogens with one attached hydrogen (secondary N) is 3. The van der Waals surface area contributed by atoms with Crippen LogP contribution in [0.25, 0.3) is 0 Å². The van der Waals surface area contributed by atoms with Gasteiger partial charge in [-0.3, -0.25) is 25.2 Å². The van der Waals surface area contributed by atoms with Gasteiger partial charge in [-0.05, 0) is 42.5 Å². The molecule has 0 bridgehead atoms. The maximum atomic E-state index is 12.5. The Labute approximate surface area is 160 Å². The highest BCUT2D eigenvalue weighted by Gasteiger charge is 2.17. The Hall–Kier alpha value is -2.39. The molecule has 0 aliphatic heterocycles. The molecule has 0 aromatic heterocycles. The Morgan fingerprint density at radius 3 is 2.27 bits per heavy atom.